The fraction of sp³-hybridized carbons (Fsp3) is 0.583. The highest BCUT2D eigenvalue weighted by Crippen LogP contribution is 2.13. The Labute approximate surface area is 115 Å². The SMILES string of the molecule is Cc1ocnc1C(=O)N[C@@H]1CCOC[C@H]1OCC(=O)O. The van der Waals surface area contributed by atoms with Gasteiger partial charge in [-0.05, 0) is 13.3 Å². The Morgan fingerprint density at radius 1 is 1.60 bits per heavy atom. The van der Waals surface area contributed by atoms with Gasteiger partial charge in [0.1, 0.15) is 18.5 Å². The number of rotatable bonds is 5. The molecule has 2 atom stereocenters. The summed E-state index contributed by atoms with van der Waals surface area (Å²) in [4.78, 5) is 26.4. The number of ether oxygens (including phenoxy) is 2. The van der Waals surface area contributed by atoms with E-state index in [1.54, 1.807) is 6.92 Å². The van der Waals surface area contributed by atoms with Gasteiger partial charge in [-0.2, -0.15) is 0 Å². The number of nitrogens with one attached hydrogen (secondary N) is 1. The molecule has 8 heteroatoms. The third kappa shape index (κ3) is 3.55. The fourth-order valence-corrected chi connectivity index (χ4v) is 1.98. The van der Waals surface area contributed by atoms with Crippen LogP contribution in [0, 0.1) is 6.92 Å². The number of carboxylic acids is 1. The van der Waals surface area contributed by atoms with Gasteiger partial charge in [-0.3, -0.25) is 4.79 Å². The summed E-state index contributed by atoms with van der Waals surface area (Å²) >= 11 is 0. The van der Waals surface area contributed by atoms with E-state index in [2.05, 4.69) is 10.3 Å². The summed E-state index contributed by atoms with van der Waals surface area (Å²) < 4.78 is 15.4. The minimum absolute atomic E-state index is 0.216. The van der Waals surface area contributed by atoms with E-state index in [9.17, 15) is 9.59 Å². The van der Waals surface area contributed by atoms with E-state index in [0.717, 1.165) is 0 Å². The quantitative estimate of drug-likeness (QED) is 0.781. The normalized spacial score (nSPS) is 22.4. The molecule has 2 rings (SSSR count). The van der Waals surface area contributed by atoms with Crippen molar-refractivity contribution < 1.29 is 28.6 Å². The molecular weight excluding hydrogens is 268 g/mol. The van der Waals surface area contributed by atoms with Crippen LogP contribution in [0.3, 0.4) is 0 Å². The number of oxazole rings is 1. The molecule has 0 aromatic carbocycles. The molecular formula is C12H16N2O6. The van der Waals surface area contributed by atoms with Gasteiger partial charge in [-0.15, -0.1) is 0 Å². The molecule has 110 valence electrons. The predicted molar refractivity (Wildman–Crippen MR) is 65.3 cm³/mol. The van der Waals surface area contributed by atoms with E-state index in [4.69, 9.17) is 19.0 Å². The molecule has 0 spiro atoms. The summed E-state index contributed by atoms with van der Waals surface area (Å²) in [6, 6.07) is -0.313. The zero-order valence-corrected chi connectivity index (χ0v) is 11.0. The number of carbonyl (C=O) groups is 2. The molecule has 1 aromatic rings. The van der Waals surface area contributed by atoms with Crippen LogP contribution in [0.5, 0.6) is 0 Å². The minimum Gasteiger partial charge on any atom is -0.480 e. The molecule has 2 heterocycles. The van der Waals surface area contributed by atoms with Crippen molar-refractivity contribution in [1.29, 1.82) is 0 Å². The van der Waals surface area contributed by atoms with E-state index in [0.29, 0.717) is 18.8 Å². The molecule has 20 heavy (non-hydrogen) atoms. The standard InChI is InChI=1S/C12H16N2O6/c1-7-11(13-6-20-7)12(17)14-8-2-3-18-4-9(8)19-5-10(15)16/h6,8-9H,2-5H2,1H3,(H,14,17)(H,15,16)/t8-,9-/m1/s1. The van der Waals surface area contributed by atoms with Gasteiger partial charge in [0.05, 0.1) is 12.6 Å². The molecule has 0 bridgehead atoms. The molecule has 0 saturated carbocycles. The topological polar surface area (TPSA) is 111 Å². The fourth-order valence-electron chi connectivity index (χ4n) is 1.98. The molecule has 1 saturated heterocycles. The lowest BCUT2D eigenvalue weighted by Crippen LogP contribution is -2.50. The van der Waals surface area contributed by atoms with E-state index >= 15 is 0 Å². The van der Waals surface area contributed by atoms with Gasteiger partial charge in [0.25, 0.3) is 5.91 Å². The number of carbonyl (C=O) groups excluding carboxylic acids is 1. The zero-order valence-electron chi connectivity index (χ0n) is 11.0. The first-order valence-corrected chi connectivity index (χ1v) is 6.20. The Morgan fingerprint density at radius 2 is 2.40 bits per heavy atom. The number of aliphatic carboxylic acids is 1. The van der Waals surface area contributed by atoms with Gasteiger partial charge in [0.2, 0.25) is 0 Å². The van der Waals surface area contributed by atoms with Crippen LogP contribution in [0.25, 0.3) is 0 Å². The number of amides is 1. The number of hydrogen-bond acceptors (Lipinski definition) is 6. The summed E-state index contributed by atoms with van der Waals surface area (Å²) in [5.74, 6) is -1.00. The van der Waals surface area contributed by atoms with Gasteiger partial charge in [0, 0.05) is 6.61 Å². The van der Waals surface area contributed by atoms with Gasteiger partial charge in [-0.25, -0.2) is 9.78 Å². The van der Waals surface area contributed by atoms with Crippen LogP contribution in [0.4, 0.5) is 0 Å². The lowest BCUT2D eigenvalue weighted by atomic mass is 10.1. The molecule has 1 aliphatic heterocycles. The maximum absolute atomic E-state index is 12.0. The van der Waals surface area contributed by atoms with Crippen LogP contribution in [0.1, 0.15) is 22.7 Å². The zero-order chi connectivity index (χ0) is 14.5. The lowest BCUT2D eigenvalue weighted by molar-refractivity contribution is -0.148. The highest BCUT2D eigenvalue weighted by molar-refractivity contribution is 5.93. The Bertz CT molecular complexity index is 486. The Kier molecular flexibility index (Phi) is 4.70. The van der Waals surface area contributed by atoms with E-state index in [1.807, 2.05) is 0 Å². The third-order valence-corrected chi connectivity index (χ3v) is 3.00. The van der Waals surface area contributed by atoms with Gasteiger partial charge in [0.15, 0.2) is 12.1 Å². The number of hydrogen-bond donors (Lipinski definition) is 2. The Morgan fingerprint density at radius 3 is 3.05 bits per heavy atom. The summed E-state index contributed by atoms with van der Waals surface area (Å²) in [7, 11) is 0. The Balaban J connectivity index is 1.96. The summed E-state index contributed by atoms with van der Waals surface area (Å²) in [5, 5.41) is 11.4. The molecule has 0 aliphatic carbocycles. The number of carboxylic acid groups (broad SMARTS) is 1. The van der Waals surface area contributed by atoms with Crippen molar-refractivity contribution >= 4 is 11.9 Å². The second kappa shape index (κ2) is 6.49. The van der Waals surface area contributed by atoms with Crippen LogP contribution in [-0.4, -0.2) is 53.9 Å². The van der Waals surface area contributed by atoms with E-state index in [-0.39, 0.29) is 24.2 Å². The summed E-state index contributed by atoms with van der Waals surface area (Å²) in [6.45, 7) is 1.94. The molecule has 1 aliphatic rings. The largest absolute Gasteiger partial charge is 0.480 e. The summed E-state index contributed by atoms with van der Waals surface area (Å²) in [6.07, 6.45) is 1.26. The van der Waals surface area contributed by atoms with Crippen LogP contribution < -0.4 is 5.32 Å². The first-order chi connectivity index (χ1) is 9.58. The van der Waals surface area contributed by atoms with Crippen molar-refractivity contribution in [3.05, 3.63) is 17.8 Å². The van der Waals surface area contributed by atoms with Crippen LogP contribution in [0.2, 0.25) is 0 Å². The van der Waals surface area contributed by atoms with E-state index < -0.39 is 18.7 Å². The van der Waals surface area contributed by atoms with Gasteiger partial charge in [-0.1, -0.05) is 0 Å². The van der Waals surface area contributed by atoms with Crippen LogP contribution in [-0.2, 0) is 14.3 Å². The average molecular weight is 284 g/mol. The van der Waals surface area contributed by atoms with Crippen molar-refractivity contribution in [2.75, 3.05) is 19.8 Å². The van der Waals surface area contributed by atoms with Gasteiger partial charge >= 0.3 is 5.97 Å². The third-order valence-electron chi connectivity index (χ3n) is 3.00. The molecule has 1 fully saturated rings. The van der Waals surface area contributed by atoms with Crippen molar-refractivity contribution in [1.82, 2.24) is 10.3 Å². The summed E-state index contributed by atoms with van der Waals surface area (Å²) in [5.41, 5.74) is 0.216. The smallest absolute Gasteiger partial charge is 0.329 e. The average Bonchev–Trinajstić information content (AvgIpc) is 2.84. The molecule has 2 N–H and O–H groups in total. The second-order valence-electron chi connectivity index (χ2n) is 4.44. The highest BCUT2D eigenvalue weighted by atomic mass is 16.5. The van der Waals surface area contributed by atoms with E-state index in [1.165, 1.54) is 6.39 Å². The predicted octanol–water partition coefficient (Wildman–Crippen LogP) is -0.0285. The van der Waals surface area contributed by atoms with Crippen molar-refractivity contribution in [3.8, 4) is 0 Å². The number of nitrogens with zero attached hydrogens (tertiary/aromatic N) is 1. The number of aromatic nitrogens is 1. The minimum atomic E-state index is -1.06. The molecule has 0 unspecified atom stereocenters. The molecule has 1 amide bonds. The second-order valence-corrected chi connectivity index (χ2v) is 4.44. The maximum Gasteiger partial charge on any atom is 0.329 e. The van der Waals surface area contributed by atoms with Gasteiger partial charge < -0.3 is 24.3 Å². The molecule has 1 aromatic heterocycles. The Hall–Kier alpha value is -1.93. The lowest BCUT2D eigenvalue weighted by Gasteiger charge is -2.31. The van der Waals surface area contributed by atoms with Crippen LogP contribution >= 0.6 is 0 Å². The first-order valence-electron chi connectivity index (χ1n) is 6.20. The first kappa shape index (κ1) is 14.5. The van der Waals surface area contributed by atoms with Crippen molar-refractivity contribution in [2.45, 2.75) is 25.5 Å². The van der Waals surface area contributed by atoms with Crippen molar-refractivity contribution in [2.24, 2.45) is 0 Å². The maximum atomic E-state index is 12.0. The molecule has 0 radical (unpaired) electrons. The monoisotopic (exact) mass is 284 g/mol. The number of aryl methyl sites for hydroxylation is 1. The molecule has 8 nitrogen and oxygen atoms in total. The van der Waals surface area contributed by atoms with Crippen LogP contribution in [0.15, 0.2) is 10.8 Å². The highest BCUT2D eigenvalue weighted by Gasteiger charge is 2.29. The van der Waals surface area contributed by atoms with Crippen molar-refractivity contribution in [3.63, 3.8) is 0 Å².